The first-order chi connectivity index (χ1) is 34.4. The number of hydrogen-bond acceptors (Lipinski definition) is 17. The zero-order valence-electron chi connectivity index (χ0n) is 38.2. The molecule has 4 amide bonds. The van der Waals surface area contributed by atoms with E-state index in [1.165, 1.54) is 30.5 Å². The summed E-state index contributed by atoms with van der Waals surface area (Å²) in [5, 5.41) is 0.575. The number of ether oxygens (including phenoxy) is 8. The molecule has 19 nitrogen and oxygen atoms in total. The third kappa shape index (κ3) is 12.2. The SMILES string of the molecule is O=C(OCCOCCOCCOCCN1C(=O)c2ccc3c4c(ccc(c24)C1=O)C(=O)N(CCOCCOCCOCCOc1cc(-c2ccccn2)nc(-c2ccccn2)c1)C3=O)c1cccnc1. The van der Waals surface area contributed by atoms with Crippen LogP contribution in [0.5, 0.6) is 5.75 Å². The molecule has 0 radical (unpaired) electrons. The highest BCUT2D eigenvalue weighted by Gasteiger charge is 2.39. The molecular weight excluding hydrogens is 905 g/mol. The van der Waals surface area contributed by atoms with Crippen molar-refractivity contribution in [1.29, 1.82) is 0 Å². The predicted molar refractivity (Wildman–Crippen MR) is 250 cm³/mol. The lowest BCUT2D eigenvalue weighted by Crippen LogP contribution is -2.45. The lowest BCUT2D eigenvalue weighted by Gasteiger charge is -2.31. The molecule has 4 aromatic heterocycles. The monoisotopic (exact) mass is 954 g/mol. The third-order valence-corrected chi connectivity index (χ3v) is 11.0. The maximum atomic E-state index is 13.7. The number of amides is 4. The molecule has 0 saturated heterocycles. The molecule has 2 aromatic carbocycles. The van der Waals surface area contributed by atoms with Gasteiger partial charge in [0.05, 0.1) is 121 Å². The first-order valence-corrected chi connectivity index (χ1v) is 22.7. The Labute approximate surface area is 402 Å². The first-order valence-electron chi connectivity index (χ1n) is 22.7. The average Bonchev–Trinajstić information content (AvgIpc) is 3.40. The van der Waals surface area contributed by atoms with Crippen molar-refractivity contribution in [2.75, 3.05) is 106 Å². The largest absolute Gasteiger partial charge is 0.491 e. The van der Waals surface area contributed by atoms with Crippen LogP contribution in [0.3, 0.4) is 0 Å². The molecule has 2 aliphatic rings. The minimum Gasteiger partial charge on any atom is -0.491 e. The van der Waals surface area contributed by atoms with Crippen molar-refractivity contribution >= 4 is 40.4 Å². The summed E-state index contributed by atoms with van der Waals surface area (Å²) >= 11 is 0. The molecule has 70 heavy (non-hydrogen) atoms. The molecule has 8 rings (SSSR count). The lowest BCUT2D eigenvalue weighted by molar-refractivity contribution is -0.00102. The Hall–Kier alpha value is -7.39. The van der Waals surface area contributed by atoms with E-state index in [-0.39, 0.29) is 112 Å². The molecule has 0 fully saturated rings. The van der Waals surface area contributed by atoms with Gasteiger partial charge in [-0.25, -0.2) is 9.78 Å². The second-order valence-electron chi connectivity index (χ2n) is 15.5. The van der Waals surface area contributed by atoms with Crippen molar-refractivity contribution < 1.29 is 61.9 Å². The van der Waals surface area contributed by atoms with Gasteiger partial charge in [0.15, 0.2) is 0 Å². The summed E-state index contributed by atoms with van der Waals surface area (Å²) in [5.74, 6) is -2.04. The number of carbonyl (C=O) groups excluding carboxylic acids is 5. The molecule has 0 unspecified atom stereocenters. The van der Waals surface area contributed by atoms with Crippen molar-refractivity contribution in [2.24, 2.45) is 0 Å². The first kappa shape index (κ1) is 49.0. The van der Waals surface area contributed by atoms with Crippen LogP contribution in [0.25, 0.3) is 33.5 Å². The molecule has 6 heterocycles. The van der Waals surface area contributed by atoms with Gasteiger partial charge in [0.25, 0.3) is 23.6 Å². The molecule has 0 atom stereocenters. The Balaban J connectivity index is 0.700. The number of hydrogen-bond donors (Lipinski definition) is 0. The fraction of sp³-hybridized carbons (Fsp3) is 0.314. The van der Waals surface area contributed by atoms with E-state index in [0.717, 1.165) is 9.80 Å². The van der Waals surface area contributed by atoms with E-state index in [4.69, 9.17) is 42.9 Å². The van der Waals surface area contributed by atoms with E-state index in [2.05, 4.69) is 15.0 Å². The third-order valence-electron chi connectivity index (χ3n) is 11.0. The lowest BCUT2D eigenvalue weighted by atomic mass is 9.86. The van der Waals surface area contributed by atoms with Crippen molar-refractivity contribution in [3.63, 3.8) is 0 Å². The van der Waals surface area contributed by atoms with E-state index in [9.17, 15) is 24.0 Å². The van der Waals surface area contributed by atoms with Crippen molar-refractivity contribution in [3.8, 4) is 28.5 Å². The van der Waals surface area contributed by atoms with Crippen LogP contribution in [-0.4, -0.2) is 165 Å². The summed E-state index contributed by atoms with van der Waals surface area (Å²) in [6, 6.07) is 24.3. The molecule has 0 spiro atoms. The van der Waals surface area contributed by atoms with Gasteiger partial charge < -0.3 is 37.9 Å². The van der Waals surface area contributed by atoms with Gasteiger partial charge in [-0.1, -0.05) is 12.1 Å². The summed E-state index contributed by atoms with van der Waals surface area (Å²) in [6.07, 6.45) is 6.42. The fourth-order valence-electron chi connectivity index (χ4n) is 7.63. The van der Waals surface area contributed by atoms with E-state index >= 15 is 0 Å². The zero-order valence-corrected chi connectivity index (χ0v) is 38.2. The van der Waals surface area contributed by atoms with Gasteiger partial charge in [0.2, 0.25) is 0 Å². The van der Waals surface area contributed by atoms with Crippen LogP contribution in [0.15, 0.2) is 110 Å². The zero-order chi connectivity index (χ0) is 48.5. The fourth-order valence-corrected chi connectivity index (χ4v) is 7.63. The molecule has 0 saturated carbocycles. The Morgan fingerprint density at radius 2 is 0.871 bits per heavy atom. The number of rotatable bonds is 28. The minimum atomic E-state index is -0.546. The van der Waals surface area contributed by atoms with Crippen LogP contribution in [0, 0.1) is 0 Å². The molecule has 0 N–H and O–H groups in total. The summed E-state index contributed by atoms with van der Waals surface area (Å²) in [7, 11) is 0. The molecule has 0 bridgehead atoms. The molecule has 362 valence electrons. The van der Waals surface area contributed by atoms with Crippen LogP contribution >= 0.6 is 0 Å². The van der Waals surface area contributed by atoms with E-state index in [1.807, 2.05) is 48.5 Å². The predicted octanol–water partition coefficient (Wildman–Crippen LogP) is 4.98. The Bertz CT molecular complexity index is 2640. The second kappa shape index (κ2) is 24.8. The Kier molecular flexibility index (Phi) is 17.3. The normalized spacial score (nSPS) is 13.1. The number of aromatic nitrogens is 4. The van der Waals surface area contributed by atoms with Crippen LogP contribution in [0.4, 0.5) is 0 Å². The molecular formula is C51H50N6O13. The Morgan fingerprint density at radius 1 is 0.443 bits per heavy atom. The summed E-state index contributed by atoms with van der Waals surface area (Å²) in [5.41, 5.74) is 4.01. The average molecular weight is 955 g/mol. The van der Waals surface area contributed by atoms with Crippen LogP contribution in [0.2, 0.25) is 0 Å². The molecule has 19 heteroatoms. The Morgan fingerprint density at radius 3 is 1.29 bits per heavy atom. The van der Waals surface area contributed by atoms with Gasteiger partial charge >= 0.3 is 5.97 Å². The van der Waals surface area contributed by atoms with Gasteiger partial charge in [-0.2, -0.15) is 0 Å². The van der Waals surface area contributed by atoms with Gasteiger partial charge in [-0.05, 0) is 60.7 Å². The second-order valence-corrected chi connectivity index (χ2v) is 15.5. The number of imide groups is 2. The van der Waals surface area contributed by atoms with Crippen LogP contribution in [0.1, 0.15) is 51.8 Å². The summed E-state index contributed by atoms with van der Waals surface area (Å²) in [4.78, 5) is 86.2. The van der Waals surface area contributed by atoms with Gasteiger partial charge in [0.1, 0.15) is 19.0 Å². The summed E-state index contributed by atoms with van der Waals surface area (Å²) < 4.78 is 44.7. The van der Waals surface area contributed by atoms with Crippen molar-refractivity contribution in [3.05, 3.63) is 138 Å². The number of benzene rings is 2. The maximum Gasteiger partial charge on any atom is 0.339 e. The highest BCUT2D eigenvalue weighted by molar-refractivity contribution is 6.33. The highest BCUT2D eigenvalue weighted by atomic mass is 16.6. The van der Waals surface area contributed by atoms with Gasteiger partial charge in [-0.3, -0.25) is 43.9 Å². The maximum absolute atomic E-state index is 13.7. The number of esters is 1. The topological polar surface area (TPSA) is 217 Å². The van der Waals surface area contributed by atoms with E-state index in [0.29, 0.717) is 60.5 Å². The molecule has 0 aliphatic carbocycles. The van der Waals surface area contributed by atoms with Gasteiger partial charge in [0, 0.05) is 69.9 Å². The van der Waals surface area contributed by atoms with E-state index in [1.54, 1.807) is 30.7 Å². The quantitative estimate of drug-likeness (QED) is 0.0360. The standard InChI is InChI=1S/C51H50N6O13/c58-47-37-9-11-39-46-40(50(61)57(49(39)60)17-19-64-21-23-66-25-27-68-29-31-70-51(62)35-6-5-13-52-34-35)12-10-38(45(37)46)48(59)56(47)16-18-63-20-22-65-24-26-67-28-30-69-36-32-43(41-7-1-3-14-53-41)55-44(33-36)42-8-2-4-15-54-42/h1-15,32-34H,16-31H2. The van der Waals surface area contributed by atoms with Crippen molar-refractivity contribution in [1.82, 2.24) is 29.7 Å². The van der Waals surface area contributed by atoms with Crippen LogP contribution in [-0.2, 0) is 33.2 Å². The number of carbonyl (C=O) groups is 5. The smallest absolute Gasteiger partial charge is 0.339 e. The van der Waals surface area contributed by atoms with Crippen LogP contribution < -0.4 is 4.74 Å². The molecule has 6 aromatic rings. The number of nitrogens with zero attached hydrogens (tertiary/aromatic N) is 6. The molecule has 2 aliphatic heterocycles. The minimum absolute atomic E-state index is 0.00752. The van der Waals surface area contributed by atoms with E-state index < -0.39 is 29.6 Å². The summed E-state index contributed by atoms with van der Waals surface area (Å²) in [6.45, 7) is 3.24. The number of pyridine rings is 4. The highest BCUT2D eigenvalue weighted by Crippen LogP contribution is 2.38. The van der Waals surface area contributed by atoms with Gasteiger partial charge in [-0.15, -0.1) is 0 Å². The van der Waals surface area contributed by atoms with Crippen molar-refractivity contribution in [2.45, 2.75) is 0 Å².